The Bertz CT molecular complexity index is 555. The molecule has 0 bridgehead atoms. The second-order valence-electron chi connectivity index (χ2n) is 5.93. The molecule has 116 valence electrons. The average molecular weight is 301 g/mol. The van der Waals surface area contributed by atoms with Crippen molar-refractivity contribution in [1.29, 1.82) is 0 Å². The fourth-order valence-electron chi connectivity index (χ4n) is 2.76. The smallest absolute Gasteiger partial charge is 0.227 e. The SMILES string of the molecule is CC(C)(O)C1CCCN1C(=O)Cc1cc(F)c(F)cc1F. The molecule has 1 heterocycles. The van der Waals surface area contributed by atoms with Gasteiger partial charge in [-0.25, -0.2) is 13.2 Å². The molecule has 1 aliphatic heterocycles. The lowest BCUT2D eigenvalue weighted by atomic mass is 9.96. The molecule has 1 N–H and O–H groups in total. The molecular weight excluding hydrogens is 283 g/mol. The lowest BCUT2D eigenvalue weighted by Gasteiger charge is -2.34. The topological polar surface area (TPSA) is 40.5 Å². The first kappa shape index (κ1) is 15.8. The van der Waals surface area contributed by atoms with Gasteiger partial charge in [0.05, 0.1) is 18.1 Å². The summed E-state index contributed by atoms with van der Waals surface area (Å²) in [5.41, 5.74) is -1.24. The highest BCUT2D eigenvalue weighted by molar-refractivity contribution is 5.79. The van der Waals surface area contributed by atoms with Crippen LogP contribution in [0.5, 0.6) is 0 Å². The molecule has 1 amide bonds. The molecule has 1 aromatic rings. The van der Waals surface area contributed by atoms with Crippen LogP contribution in [0.25, 0.3) is 0 Å². The van der Waals surface area contributed by atoms with Gasteiger partial charge < -0.3 is 10.0 Å². The van der Waals surface area contributed by atoms with E-state index in [1.807, 2.05) is 0 Å². The Balaban J connectivity index is 2.17. The molecule has 0 radical (unpaired) electrons. The number of nitrogens with zero attached hydrogens (tertiary/aromatic N) is 1. The summed E-state index contributed by atoms with van der Waals surface area (Å²) in [4.78, 5) is 13.7. The van der Waals surface area contributed by atoms with Gasteiger partial charge >= 0.3 is 0 Å². The summed E-state index contributed by atoms with van der Waals surface area (Å²) in [6.45, 7) is 3.70. The Morgan fingerprint density at radius 1 is 1.29 bits per heavy atom. The van der Waals surface area contributed by atoms with E-state index in [0.717, 1.165) is 6.42 Å². The Kier molecular flexibility index (Phi) is 4.27. The Morgan fingerprint density at radius 2 is 1.90 bits per heavy atom. The lowest BCUT2D eigenvalue weighted by molar-refractivity contribution is -0.135. The van der Waals surface area contributed by atoms with Crippen molar-refractivity contribution in [3.8, 4) is 0 Å². The van der Waals surface area contributed by atoms with Crippen LogP contribution in [0, 0.1) is 17.5 Å². The number of carbonyl (C=O) groups is 1. The summed E-state index contributed by atoms with van der Waals surface area (Å²) in [7, 11) is 0. The number of benzene rings is 1. The first-order chi connectivity index (χ1) is 9.70. The van der Waals surface area contributed by atoms with Crippen LogP contribution in [0.2, 0.25) is 0 Å². The molecule has 3 nitrogen and oxygen atoms in total. The van der Waals surface area contributed by atoms with Crippen LogP contribution < -0.4 is 0 Å². The summed E-state index contributed by atoms with van der Waals surface area (Å²) in [6, 6.07) is 0.797. The van der Waals surface area contributed by atoms with Crippen LogP contribution in [0.3, 0.4) is 0 Å². The molecule has 1 saturated heterocycles. The first-order valence-electron chi connectivity index (χ1n) is 6.85. The van der Waals surface area contributed by atoms with E-state index in [0.29, 0.717) is 25.1 Å². The third-order valence-corrected chi connectivity index (χ3v) is 3.82. The minimum atomic E-state index is -1.28. The van der Waals surface area contributed by atoms with E-state index in [9.17, 15) is 23.1 Å². The lowest BCUT2D eigenvalue weighted by Crippen LogP contribution is -2.48. The van der Waals surface area contributed by atoms with Gasteiger partial charge in [0.1, 0.15) is 5.82 Å². The molecule has 0 saturated carbocycles. The third-order valence-electron chi connectivity index (χ3n) is 3.82. The maximum atomic E-state index is 13.6. The van der Waals surface area contributed by atoms with Crippen molar-refractivity contribution in [1.82, 2.24) is 4.90 Å². The zero-order valence-electron chi connectivity index (χ0n) is 12.0. The van der Waals surface area contributed by atoms with Crippen molar-refractivity contribution in [2.75, 3.05) is 6.54 Å². The summed E-state index contributed by atoms with van der Waals surface area (Å²) in [5.74, 6) is -3.80. The number of hydrogen-bond acceptors (Lipinski definition) is 2. The Morgan fingerprint density at radius 3 is 2.52 bits per heavy atom. The van der Waals surface area contributed by atoms with Gasteiger partial charge in [-0.15, -0.1) is 0 Å². The van der Waals surface area contributed by atoms with Crippen molar-refractivity contribution in [3.05, 3.63) is 35.1 Å². The predicted molar refractivity (Wildman–Crippen MR) is 71.1 cm³/mol. The molecule has 1 aliphatic rings. The fraction of sp³-hybridized carbons (Fsp3) is 0.533. The van der Waals surface area contributed by atoms with Gasteiger partial charge in [-0.3, -0.25) is 4.79 Å². The van der Waals surface area contributed by atoms with Crippen LogP contribution in [-0.2, 0) is 11.2 Å². The maximum absolute atomic E-state index is 13.6. The standard InChI is InChI=1S/C15H18F3NO2/c1-15(2,21)13-4-3-5-19(13)14(20)7-9-6-11(17)12(18)8-10(9)16/h6,8,13,21H,3-5,7H2,1-2H3. The van der Waals surface area contributed by atoms with E-state index >= 15 is 0 Å². The molecule has 6 heteroatoms. The van der Waals surface area contributed by atoms with Crippen molar-refractivity contribution >= 4 is 5.91 Å². The molecule has 21 heavy (non-hydrogen) atoms. The number of amides is 1. The minimum absolute atomic E-state index is 0.180. The highest BCUT2D eigenvalue weighted by Crippen LogP contribution is 2.27. The maximum Gasteiger partial charge on any atom is 0.227 e. The number of rotatable bonds is 3. The number of halogens is 3. The Hall–Kier alpha value is -1.56. The second-order valence-corrected chi connectivity index (χ2v) is 5.93. The third kappa shape index (κ3) is 3.37. The van der Waals surface area contributed by atoms with Gasteiger partial charge in [0.25, 0.3) is 0 Å². The van der Waals surface area contributed by atoms with E-state index in [4.69, 9.17) is 0 Å². The summed E-state index contributed by atoms with van der Waals surface area (Å²) < 4.78 is 39.6. The van der Waals surface area contributed by atoms with Crippen molar-refractivity contribution in [2.24, 2.45) is 0 Å². The average Bonchev–Trinajstić information content (AvgIpc) is 2.85. The van der Waals surface area contributed by atoms with Crippen LogP contribution in [-0.4, -0.2) is 34.1 Å². The molecule has 0 spiro atoms. The van der Waals surface area contributed by atoms with Gasteiger partial charge in [-0.2, -0.15) is 0 Å². The van der Waals surface area contributed by atoms with Gasteiger partial charge in [0, 0.05) is 18.2 Å². The van der Waals surface area contributed by atoms with Crippen LogP contribution >= 0.6 is 0 Å². The van der Waals surface area contributed by atoms with Crippen molar-refractivity contribution < 1.29 is 23.1 Å². The van der Waals surface area contributed by atoms with E-state index < -0.39 is 29.0 Å². The van der Waals surface area contributed by atoms with Gasteiger partial charge in [0.15, 0.2) is 11.6 Å². The van der Waals surface area contributed by atoms with Crippen LogP contribution in [0.4, 0.5) is 13.2 Å². The van der Waals surface area contributed by atoms with E-state index in [1.54, 1.807) is 13.8 Å². The summed E-state index contributed by atoms with van der Waals surface area (Å²) >= 11 is 0. The van der Waals surface area contributed by atoms with Gasteiger partial charge in [-0.05, 0) is 32.8 Å². The van der Waals surface area contributed by atoms with E-state index in [1.165, 1.54) is 4.90 Å². The van der Waals surface area contributed by atoms with Crippen molar-refractivity contribution in [3.63, 3.8) is 0 Å². The van der Waals surface area contributed by atoms with Crippen LogP contribution in [0.1, 0.15) is 32.3 Å². The highest BCUT2D eigenvalue weighted by Gasteiger charge is 2.38. The normalized spacial score (nSPS) is 19.1. The number of likely N-dealkylation sites (tertiary alicyclic amines) is 1. The Labute approximate surface area is 121 Å². The minimum Gasteiger partial charge on any atom is -0.388 e. The quantitative estimate of drug-likeness (QED) is 0.871. The molecule has 0 aromatic heterocycles. The zero-order valence-corrected chi connectivity index (χ0v) is 12.0. The molecular formula is C15H18F3NO2. The monoisotopic (exact) mass is 301 g/mol. The largest absolute Gasteiger partial charge is 0.388 e. The van der Waals surface area contributed by atoms with Gasteiger partial charge in [0.2, 0.25) is 5.91 Å². The number of aliphatic hydroxyl groups is 1. The molecule has 0 aliphatic carbocycles. The van der Waals surface area contributed by atoms with Crippen molar-refractivity contribution in [2.45, 2.75) is 44.8 Å². The predicted octanol–water partition coefficient (Wildman–Crippen LogP) is 2.41. The summed E-state index contributed by atoms with van der Waals surface area (Å²) in [6.07, 6.45) is 1.06. The molecule has 1 aromatic carbocycles. The second kappa shape index (κ2) is 5.67. The summed E-state index contributed by atoms with van der Waals surface area (Å²) in [5, 5.41) is 10.1. The molecule has 1 unspecified atom stereocenters. The van der Waals surface area contributed by atoms with E-state index in [2.05, 4.69) is 0 Å². The van der Waals surface area contributed by atoms with E-state index in [-0.39, 0.29) is 18.0 Å². The highest BCUT2D eigenvalue weighted by atomic mass is 19.2. The molecule has 2 rings (SSSR count). The number of hydrogen-bond donors (Lipinski definition) is 1. The van der Waals surface area contributed by atoms with Crippen LogP contribution in [0.15, 0.2) is 12.1 Å². The number of carbonyl (C=O) groups excluding carboxylic acids is 1. The fourth-order valence-corrected chi connectivity index (χ4v) is 2.76. The zero-order chi connectivity index (χ0) is 15.8. The first-order valence-corrected chi connectivity index (χ1v) is 6.85. The molecule has 1 fully saturated rings. The molecule has 1 atom stereocenters. The van der Waals surface area contributed by atoms with Gasteiger partial charge in [-0.1, -0.05) is 0 Å².